The molecule has 36 heavy (non-hydrogen) atoms. The standard InChI is InChI=1S/C27H31N5O3S/c1-5-14-32-25(22-11-8-15-31(22)26(34)20-10-7-6-9-19(20)3)29-30-27(32)36-17-24(33)28-21-16-18(2)12-13-23(21)35-4/h5-7,9-10,12-13,16,22H,1,8,11,14-15,17H2,2-4H3,(H,28,33). The van der Waals surface area contributed by atoms with Crippen molar-refractivity contribution in [2.75, 3.05) is 24.7 Å². The Morgan fingerprint density at radius 1 is 1.22 bits per heavy atom. The van der Waals surface area contributed by atoms with Crippen LogP contribution >= 0.6 is 11.8 Å². The highest BCUT2D eigenvalue weighted by Gasteiger charge is 2.35. The first-order valence-electron chi connectivity index (χ1n) is 11.9. The third-order valence-corrected chi connectivity index (χ3v) is 7.17. The van der Waals surface area contributed by atoms with Crippen molar-refractivity contribution >= 4 is 29.3 Å². The molecule has 0 bridgehead atoms. The molecule has 0 aliphatic carbocycles. The minimum Gasteiger partial charge on any atom is -0.495 e. The maximum atomic E-state index is 13.4. The van der Waals surface area contributed by atoms with E-state index in [0.29, 0.717) is 35.2 Å². The Bertz CT molecular complexity index is 1270. The summed E-state index contributed by atoms with van der Waals surface area (Å²) >= 11 is 1.31. The van der Waals surface area contributed by atoms with Crippen LogP contribution in [0.3, 0.4) is 0 Å². The Morgan fingerprint density at radius 2 is 2.03 bits per heavy atom. The van der Waals surface area contributed by atoms with Gasteiger partial charge in [-0.05, 0) is 56.0 Å². The smallest absolute Gasteiger partial charge is 0.254 e. The number of methoxy groups -OCH3 is 1. The molecule has 0 spiro atoms. The molecular weight excluding hydrogens is 474 g/mol. The SMILES string of the molecule is C=CCn1c(SCC(=O)Nc2cc(C)ccc2OC)nnc1C1CCCN1C(=O)c1ccccc1C. The molecule has 8 nitrogen and oxygen atoms in total. The molecule has 1 aliphatic rings. The van der Waals surface area contributed by atoms with Crippen molar-refractivity contribution in [2.45, 2.75) is 44.4 Å². The minimum atomic E-state index is -0.177. The molecule has 188 valence electrons. The van der Waals surface area contributed by atoms with E-state index < -0.39 is 0 Å². The van der Waals surface area contributed by atoms with Gasteiger partial charge in [-0.3, -0.25) is 9.59 Å². The van der Waals surface area contributed by atoms with Crippen LogP contribution < -0.4 is 10.1 Å². The van der Waals surface area contributed by atoms with Gasteiger partial charge >= 0.3 is 0 Å². The number of aryl methyl sites for hydroxylation is 2. The third kappa shape index (κ3) is 5.46. The topological polar surface area (TPSA) is 89.3 Å². The lowest BCUT2D eigenvalue weighted by Gasteiger charge is -2.25. The zero-order chi connectivity index (χ0) is 25.7. The molecule has 3 aromatic rings. The first-order valence-corrected chi connectivity index (χ1v) is 12.9. The molecule has 1 aromatic heterocycles. The number of aromatic nitrogens is 3. The molecule has 9 heteroatoms. The fraction of sp³-hybridized carbons (Fsp3) is 0.333. The summed E-state index contributed by atoms with van der Waals surface area (Å²) in [6, 6.07) is 13.1. The first kappa shape index (κ1) is 25.5. The highest BCUT2D eigenvalue weighted by Crippen LogP contribution is 2.34. The van der Waals surface area contributed by atoms with Gasteiger partial charge in [-0.2, -0.15) is 0 Å². The number of nitrogens with one attached hydrogen (secondary N) is 1. The van der Waals surface area contributed by atoms with Crippen LogP contribution in [0.4, 0.5) is 5.69 Å². The summed E-state index contributed by atoms with van der Waals surface area (Å²) < 4.78 is 7.30. The maximum absolute atomic E-state index is 13.4. The zero-order valence-electron chi connectivity index (χ0n) is 20.9. The fourth-order valence-electron chi connectivity index (χ4n) is 4.44. The quantitative estimate of drug-likeness (QED) is 0.332. The lowest BCUT2D eigenvalue weighted by Crippen LogP contribution is -2.32. The van der Waals surface area contributed by atoms with Crippen LogP contribution in [0.15, 0.2) is 60.3 Å². The molecule has 1 aliphatic heterocycles. The number of hydrogen-bond acceptors (Lipinski definition) is 6. The van der Waals surface area contributed by atoms with Gasteiger partial charge in [0, 0.05) is 18.7 Å². The first-order chi connectivity index (χ1) is 17.4. The molecule has 2 heterocycles. The van der Waals surface area contributed by atoms with Crippen LogP contribution in [0.1, 0.15) is 46.2 Å². The number of carbonyl (C=O) groups excluding carboxylic acids is 2. The Labute approximate surface area is 215 Å². The molecule has 0 saturated carbocycles. The number of allylic oxidation sites excluding steroid dienone is 1. The van der Waals surface area contributed by atoms with E-state index in [1.54, 1.807) is 13.2 Å². The lowest BCUT2D eigenvalue weighted by molar-refractivity contribution is -0.113. The van der Waals surface area contributed by atoms with Gasteiger partial charge in [0.05, 0.1) is 24.6 Å². The van der Waals surface area contributed by atoms with E-state index in [2.05, 4.69) is 22.1 Å². The number of benzene rings is 2. The molecule has 1 saturated heterocycles. The molecular formula is C27H31N5O3S. The fourth-order valence-corrected chi connectivity index (χ4v) is 5.19. The molecule has 1 atom stereocenters. The van der Waals surface area contributed by atoms with Crippen LogP contribution in [0, 0.1) is 13.8 Å². The highest BCUT2D eigenvalue weighted by molar-refractivity contribution is 7.99. The van der Waals surface area contributed by atoms with Gasteiger partial charge in [0.1, 0.15) is 5.75 Å². The summed E-state index contributed by atoms with van der Waals surface area (Å²) in [6.45, 7) is 8.94. The molecule has 4 rings (SSSR count). The van der Waals surface area contributed by atoms with Crippen LogP contribution in [-0.4, -0.2) is 50.9 Å². The molecule has 2 aromatic carbocycles. The summed E-state index contributed by atoms with van der Waals surface area (Å²) in [5.74, 6) is 1.32. The number of ether oxygens (including phenoxy) is 1. The Morgan fingerprint density at radius 3 is 2.78 bits per heavy atom. The van der Waals surface area contributed by atoms with E-state index >= 15 is 0 Å². The second-order valence-corrected chi connectivity index (χ2v) is 9.69. The minimum absolute atomic E-state index is 0.00411. The predicted molar refractivity (Wildman–Crippen MR) is 141 cm³/mol. The van der Waals surface area contributed by atoms with Crippen LogP contribution in [0.5, 0.6) is 5.75 Å². The summed E-state index contributed by atoms with van der Waals surface area (Å²) in [4.78, 5) is 28.0. The van der Waals surface area contributed by atoms with Crippen LogP contribution in [0.25, 0.3) is 0 Å². The Hall–Kier alpha value is -3.59. The summed E-state index contributed by atoms with van der Waals surface area (Å²) in [5.41, 5.74) is 3.31. The van der Waals surface area contributed by atoms with Gasteiger partial charge in [0.25, 0.3) is 5.91 Å². The van der Waals surface area contributed by atoms with Crippen molar-refractivity contribution in [3.05, 3.63) is 77.6 Å². The monoisotopic (exact) mass is 505 g/mol. The number of likely N-dealkylation sites (tertiary alicyclic amines) is 1. The summed E-state index contributed by atoms with van der Waals surface area (Å²) in [6.07, 6.45) is 3.48. The van der Waals surface area contributed by atoms with Crippen molar-refractivity contribution < 1.29 is 14.3 Å². The largest absolute Gasteiger partial charge is 0.495 e. The van der Waals surface area contributed by atoms with Crippen molar-refractivity contribution in [1.29, 1.82) is 0 Å². The Kier molecular flexibility index (Phi) is 8.10. The van der Waals surface area contributed by atoms with Gasteiger partial charge in [-0.15, -0.1) is 16.8 Å². The third-order valence-electron chi connectivity index (χ3n) is 6.21. The highest BCUT2D eigenvalue weighted by atomic mass is 32.2. The van der Waals surface area contributed by atoms with Crippen molar-refractivity contribution in [2.24, 2.45) is 0 Å². The van der Waals surface area contributed by atoms with E-state index in [4.69, 9.17) is 4.74 Å². The van der Waals surface area contributed by atoms with Gasteiger partial charge in [-0.1, -0.05) is 42.1 Å². The summed E-state index contributed by atoms with van der Waals surface area (Å²) in [7, 11) is 1.57. The molecule has 0 radical (unpaired) electrons. The van der Waals surface area contributed by atoms with Gasteiger partial charge in [-0.25, -0.2) is 0 Å². The number of thioether (sulfide) groups is 1. The molecule has 1 N–H and O–H groups in total. The number of anilines is 1. The number of carbonyl (C=O) groups is 2. The summed E-state index contributed by atoms with van der Waals surface area (Å²) in [5, 5.41) is 12.4. The number of rotatable bonds is 9. The average Bonchev–Trinajstić information content (AvgIpc) is 3.50. The van der Waals surface area contributed by atoms with Crippen LogP contribution in [-0.2, 0) is 11.3 Å². The second-order valence-electron chi connectivity index (χ2n) is 8.75. The number of amides is 2. The van der Waals surface area contributed by atoms with Crippen molar-refractivity contribution in [3.63, 3.8) is 0 Å². The van der Waals surface area contributed by atoms with E-state index in [0.717, 1.165) is 29.8 Å². The van der Waals surface area contributed by atoms with Gasteiger partial charge in [0.15, 0.2) is 11.0 Å². The van der Waals surface area contributed by atoms with Crippen molar-refractivity contribution in [3.8, 4) is 5.75 Å². The average molecular weight is 506 g/mol. The van der Waals surface area contributed by atoms with E-state index in [9.17, 15) is 9.59 Å². The predicted octanol–water partition coefficient (Wildman–Crippen LogP) is 4.80. The van der Waals surface area contributed by atoms with Gasteiger partial charge in [0.2, 0.25) is 5.91 Å². The second kappa shape index (κ2) is 11.4. The Balaban J connectivity index is 1.50. The van der Waals surface area contributed by atoms with E-state index in [-0.39, 0.29) is 23.6 Å². The number of hydrogen-bond donors (Lipinski definition) is 1. The molecule has 1 unspecified atom stereocenters. The zero-order valence-corrected chi connectivity index (χ0v) is 21.7. The van der Waals surface area contributed by atoms with Crippen LogP contribution in [0.2, 0.25) is 0 Å². The van der Waals surface area contributed by atoms with Gasteiger partial charge < -0.3 is 19.5 Å². The van der Waals surface area contributed by atoms with Crippen molar-refractivity contribution in [1.82, 2.24) is 19.7 Å². The van der Waals surface area contributed by atoms with E-state index in [1.165, 1.54) is 11.8 Å². The lowest BCUT2D eigenvalue weighted by atomic mass is 10.1. The maximum Gasteiger partial charge on any atom is 0.254 e. The number of nitrogens with zero attached hydrogens (tertiary/aromatic N) is 4. The normalized spacial score (nSPS) is 15.1. The van der Waals surface area contributed by atoms with E-state index in [1.807, 2.05) is 65.8 Å². The molecule has 1 fully saturated rings. The molecule has 2 amide bonds.